The van der Waals surface area contributed by atoms with Crippen LogP contribution in [0.4, 0.5) is 4.79 Å². The molecule has 1 saturated carbocycles. The van der Waals surface area contributed by atoms with Crippen molar-refractivity contribution in [2.45, 2.75) is 51.7 Å². The molecule has 1 heterocycles. The Morgan fingerprint density at radius 2 is 2.14 bits per heavy atom. The molecular formula is C16H24N2O4. The van der Waals surface area contributed by atoms with E-state index in [0.29, 0.717) is 18.2 Å². The smallest absolute Gasteiger partial charge is 0.407 e. The summed E-state index contributed by atoms with van der Waals surface area (Å²) in [6, 6.07) is 3.43. The van der Waals surface area contributed by atoms with Crippen molar-refractivity contribution in [1.82, 2.24) is 10.6 Å². The van der Waals surface area contributed by atoms with Crippen LogP contribution in [0.1, 0.15) is 50.6 Å². The Morgan fingerprint density at radius 1 is 1.36 bits per heavy atom. The minimum Gasteiger partial charge on any atom is -0.459 e. The van der Waals surface area contributed by atoms with Gasteiger partial charge in [0.2, 0.25) is 0 Å². The van der Waals surface area contributed by atoms with E-state index in [-0.39, 0.29) is 18.0 Å². The number of hydrogen-bond acceptors (Lipinski definition) is 4. The molecule has 6 heteroatoms. The van der Waals surface area contributed by atoms with E-state index in [9.17, 15) is 9.59 Å². The molecule has 22 heavy (non-hydrogen) atoms. The maximum Gasteiger partial charge on any atom is 0.407 e. The zero-order valence-corrected chi connectivity index (χ0v) is 13.3. The Balaban J connectivity index is 1.69. The first kappa shape index (κ1) is 16.4. The van der Waals surface area contributed by atoms with Crippen LogP contribution in [-0.4, -0.2) is 30.2 Å². The van der Waals surface area contributed by atoms with Crippen molar-refractivity contribution in [1.29, 1.82) is 0 Å². The van der Waals surface area contributed by atoms with Gasteiger partial charge in [0.15, 0.2) is 5.76 Å². The summed E-state index contributed by atoms with van der Waals surface area (Å²) in [5.41, 5.74) is -0.487. The lowest BCUT2D eigenvalue weighted by molar-refractivity contribution is 0.0504. The van der Waals surface area contributed by atoms with Gasteiger partial charge in [0.25, 0.3) is 5.91 Å². The Kier molecular flexibility index (Phi) is 5.11. The van der Waals surface area contributed by atoms with Crippen molar-refractivity contribution in [3.63, 3.8) is 0 Å². The van der Waals surface area contributed by atoms with Crippen LogP contribution in [-0.2, 0) is 4.74 Å². The number of amides is 2. The number of rotatable bonds is 4. The van der Waals surface area contributed by atoms with Crippen molar-refractivity contribution < 1.29 is 18.7 Å². The molecule has 122 valence electrons. The summed E-state index contributed by atoms with van der Waals surface area (Å²) in [5.74, 6) is 0.480. The summed E-state index contributed by atoms with van der Waals surface area (Å²) in [4.78, 5) is 23.5. The average molecular weight is 308 g/mol. The number of carbonyl (C=O) groups excluding carboxylic acids is 2. The SMILES string of the molecule is CC(C)(C)OC(=O)N[C@H]1CC[C@@H](CNC(=O)c2ccco2)C1. The molecule has 0 bridgehead atoms. The second-order valence-electron chi connectivity index (χ2n) is 6.71. The number of ether oxygens (including phenoxy) is 1. The fraction of sp³-hybridized carbons (Fsp3) is 0.625. The lowest BCUT2D eigenvalue weighted by Crippen LogP contribution is -2.38. The summed E-state index contributed by atoms with van der Waals surface area (Å²) in [7, 11) is 0. The quantitative estimate of drug-likeness (QED) is 0.896. The number of carbonyl (C=O) groups is 2. The highest BCUT2D eigenvalue weighted by atomic mass is 16.6. The van der Waals surface area contributed by atoms with E-state index in [0.717, 1.165) is 19.3 Å². The molecule has 2 atom stereocenters. The van der Waals surface area contributed by atoms with Crippen molar-refractivity contribution in [2.24, 2.45) is 5.92 Å². The van der Waals surface area contributed by atoms with Gasteiger partial charge in [0.05, 0.1) is 6.26 Å². The second kappa shape index (κ2) is 6.85. The molecule has 1 aliphatic rings. The monoisotopic (exact) mass is 308 g/mol. The molecule has 6 nitrogen and oxygen atoms in total. The first-order chi connectivity index (χ1) is 10.3. The van der Waals surface area contributed by atoms with E-state index < -0.39 is 5.60 Å². The van der Waals surface area contributed by atoms with E-state index in [1.165, 1.54) is 6.26 Å². The summed E-state index contributed by atoms with van der Waals surface area (Å²) in [5, 5.41) is 5.75. The van der Waals surface area contributed by atoms with Crippen LogP contribution in [0.15, 0.2) is 22.8 Å². The van der Waals surface area contributed by atoms with Gasteiger partial charge in [-0.15, -0.1) is 0 Å². The summed E-state index contributed by atoms with van der Waals surface area (Å²) in [6.07, 6.45) is 3.82. The average Bonchev–Trinajstić information content (AvgIpc) is 3.04. The molecule has 1 aromatic rings. The number of hydrogen-bond donors (Lipinski definition) is 2. The highest BCUT2D eigenvalue weighted by Gasteiger charge is 2.28. The molecule has 1 aromatic heterocycles. The summed E-state index contributed by atoms with van der Waals surface area (Å²) < 4.78 is 10.3. The van der Waals surface area contributed by atoms with Crippen molar-refractivity contribution in [3.05, 3.63) is 24.2 Å². The van der Waals surface area contributed by atoms with Crippen LogP contribution in [0.25, 0.3) is 0 Å². The third kappa shape index (κ3) is 5.09. The zero-order valence-electron chi connectivity index (χ0n) is 13.3. The number of nitrogens with one attached hydrogen (secondary N) is 2. The van der Waals surface area contributed by atoms with Crippen LogP contribution >= 0.6 is 0 Å². The lowest BCUT2D eigenvalue weighted by atomic mass is 10.1. The van der Waals surface area contributed by atoms with E-state index in [1.54, 1.807) is 12.1 Å². The molecule has 2 N–H and O–H groups in total. The predicted octanol–water partition coefficient (Wildman–Crippen LogP) is 2.70. The Labute approximate surface area is 130 Å². The van der Waals surface area contributed by atoms with Crippen LogP contribution < -0.4 is 10.6 Å². The van der Waals surface area contributed by atoms with Gasteiger partial charge in [-0.1, -0.05) is 0 Å². The summed E-state index contributed by atoms with van der Waals surface area (Å²) in [6.45, 7) is 6.11. The van der Waals surface area contributed by atoms with Gasteiger partial charge in [0.1, 0.15) is 5.60 Å². The Bertz CT molecular complexity index is 505. The molecule has 1 aliphatic carbocycles. The molecular weight excluding hydrogens is 284 g/mol. The Morgan fingerprint density at radius 3 is 2.77 bits per heavy atom. The number of alkyl carbamates (subject to hydrolysis) is 1. The van der Waals surface area contributed by atoms with E-state index in [4.69, 9.17) is 9.15 Å². The number of furan rings is 1. The molecule has 0 spiro atoms. The third-order valence-corrected chi connectivity index (χ3v) is 3.56. The molecule has 0 radical (unpaired) electrons. The topological polar surface area (TPSA) is 80.6 Å². The maximum absolute atomic E-state index is 11.8. The molecule has 0 saturated heterocycles. The minimum absolute atomic E-state index is 0.111. The normalized spacial score (nSPS) is 21.4. The van der Waals surface area contributed by atoms with E-state index in [2.05, 4.69) is 10.6 Å². The highest BCUT2D eigenvalue weighted by molar-refractivity contribution is 5.91. The van der Waals surface area contributed by atoms with Crippen LogP contribution in [0, 0.1) is 5.92 Å². The van der Waals surface area contributed by atoms with Gasteiger partial charge < -0.3 is 19.8 Å². The van der Waals surface area contributed by atoms with Crippen molar-refractivity contribution in [3.8, 4) is 0 Å². The van der Waals surface area contributed by atoms with E-state index in [1.807, 2.05) is 20.8 Å². The van der Waals surface area contributed by atoms with Crippen LogP contribution in [0.5, 0.6) is 0 Å². The maximum atomic E-state index is 11.8. The third-order valence-electron chi connectivity index (χ3n) is 3.56. The Hall–Kier alpha value is -1.98. The standard InChI is InChI=1S/C16H24N2O4/c1-16(2,3)22-15(20)18-12-7-6-11(9-12)10-17-14(19)13-5-4-8-21-13/h4-5,8,11-12H,6-7,9-10H2,1-3H3,(H,17,19)(H,18,20)/t11-,12+/m1/s1. The van der Waals surface area contributed by atoms with Crippen molar-refractivity contribution in [2.75, 3.05) is 6.54 Å². The van der Waals surface area contributed by atoms with Crippen LogP contribution in [0.3, 0.4) is 0 Å². The molecule has 1 fully saturated rings. The molecule has 2 rings (SSSR count). The predicted molar refractivity (Wildman–Crippen MR) is 81.5 cm³/mol. The lowest BCUT2D eigenvalue weighted by Gasteiger charge is -2.21. The van der Waals surface area contributed by atoms with Crippen LogP contribution in [0.2, 0.25) is 0 Å². The largest absolute Gasteiger partial charge is 0.459 e. The molecule has 0 aliphatic heterocycles. The minimum atomic E-state index is -0.487. The van der Waals surface area contributed by atoms with Crippen molar-refractivity contribution >= 4 is 12.0 Å². The van der Waals surface area contributed by atoms with Gasteiger partial charge >= 0.3 is 6.09 Å². The van der Waals surface area contributed by atoms with Gasteiger partial charge in [-0.2, -0.15) is 0 Å². The highest BCUT2D eigenvalue weighted by Crippen LogP contribution is 2.25. The first-order valence-electron chi connectivity index (χ1n) is 7.65. The zero-order chi connectivity index (χ0) is 16.2. The fourth-order valence-corrected chi connectivity index (χ4v) is 2.60. The molecule has 0 aromatic carbocycles. The second-order valence-corrected chi connectivity index (χ2v) is 6.71. The molecule has 0 unspecified atom stereocenters. The molecule has 2 amide bonds. The van der Waals surface area contributed by atoms with Gasteiger partial charge in [0, 0.05) is 12.6 Å². The van der Waals surface area contributed by atoms with Gasteiger partial charge in [-0.05, 0) is 58.1 Å². The first-order valence-corrected chi connectivity index (χ1v) is 7.65. The summed E-state index contributed by atoms with van der Waals surface area (Å²) >= 11 is 0. The van der Waals surface area contributed by atoms with Gasteiger partial charge in [-0.25, -0.2) is 4.79 Å². The van der Waals surface area contributed by atoms with E-state index >= 15 is 0 Å². The van der Waals surface area contributed by atoms with Gasteiger partial charge in [-0.3, -0.25) is 4.79 Å². The fourth-order valence-electron chi connectivity index (χ4n) is 2.60.